The molecule has 0 saturated heterocycles. The van der Waals surface area contributed by atoms with Crippen LogP contribution >= 0.6 is 0 Å². The Bertz CT molecular complexity index is 450. The fourth-order valence-electron chi connectivity index (χ4n) is 2.09. The van der Waals surface area contributed by atoms with Gasteiger partial charge in [-0.3, -0.25) is 9.69 Å². The van der Waals surface area contributed by atoms with Crippen molar-refractivity contribution in [3.63, 3.8) is 0 Å². The Labute approximate surface area is 107 Å². The molecule has 1 heterocycles. The highest BCUT2D eigenvalue weighted by atomic mass is 16.3. The first-order chi connectivity index (χ1) is 8.58. The minimum absolute atomic E-state index is 0.200. The van der Waals surface area contributed by atoms with Gasteiger partial charge in [0, 0.05) is 24.8 Å². The van der Waals surface area contributed by atoms with E-state index in [1.54, 1.807) is 4.57 Å². The van der Waals surface area contributed by atoms with Gasteiger partial charge in [0.05, 0.1) is 12.3 Å². The molecule has 5 heteroatoms. The van der Waals surface area contributed by atoms with Crippen LogP contribution in [0.1, 0.15) is 32.2 Å². The number of aliphatic hydroxyl groups is 1. The number of hydrogen-bond acceptors (Lipinski definition) is 4. The largest absolute Gasteiger partial charge is 0.503 e. The van der Waals surface area contributed by atoms with Gasteiger partial charge >= 0.3 is 0 Å². The molecule has 102 valence electrons. The Balaban J connectivity index is 3.30. The van der Waals surface area contributed by atoms with Crippen molar-refractivity contribution in [2.24, 2.45) is 0 Å². The van der Waals surface area contributed by atoms with E-state index in [1.165, 1.54) is 6.07 Å². The summed E-state index contributed by atoms with van der Waals surface area (Å²) in [5.41, 5.74) is 0.700. The second-order valence-corrected chi connectivity index (χ2v) is 4.16. The third kappa shape index (κ3) is 2.91. The van der Waals surface area contributed by atoms with Gasteiger partial charge < -0.3 is 14.8 Å². The lowest BCUT2D eigenvalue weighted by Gasteiger charge is -2.23. The van der Waals surface area contributed by atoms with Crippen LogP contribution in [-0.4, -0.2) is 32.8 Å². The molecule has 0 aromatic carbocycles. The van der Waals surface area contributed by atoms with Gasteiger partial charge in [-0.2, -0.15) is 0 Å². The van der Waals surface area contributed by atoms with Crippen LogP contribution in [0.3, 0.4) is 0 Å². The highest BCUT2D eigenvalue weighted by Crippen LogP contribution is 2.17. The number of hydrogen-bond donors (Lipinski definition) is 2. The molecule has 1 rings (SSSR count). The summed E-state index contributed by atoms with van der Waals surface area (Å²) < 4.78 is 1.80. The summed E-state index contributed by atoms with van der Waals surface area (Å²) in [5, 5.41) is 19.2. The summed E-state index contributed by atoms with van der Waals surface area (Å²) in [7, 11) is 0. The Hall–Kier alpha value is -1.33. The van der Waals surface area contributed by atoms with Crippen LogP contribution in [0.5, 0.6) is 5.75 Å². The predicted octanol–water partition coefficient (Wildman–Crippen LogP) is 0.908. The summed E-state index contributed by atoms with van der Waals surface area (Å²) >= 11 is 0. The van der Waals surface area contributed by atoms with E-state index in [2.05, 4.69) is 4.90 Å². The molecule has 0 aliphatic carbocycles. The van der Waals surface area contributed by atoms with Crippen molar-refractivity contribution >= 4 is 0 Å². The second-order valence-electron chi connectivity index (χ2n) is 4.16. The van der Waals surface area contributed by atoms with Gasteiger partial charge in [-0.05, 0) is 20.0 Å². The van der Waals surface area contributed by atoms with Gasteiger partial charge in [-0.15, -0.1) is 0 Å². The summed E-state index contributed by atoms with van der Waals surface area (Å²) in [6, 6.07) is 1.30. The minimum Gasteiger partial charge on any atom is -0.503 e. The van der Waals surface area contributed by atoms with Crippen LogP contribution in [0.25, 0.3) is 0 Å². The lowest BCUT2D eigenvalue weighted by molar-refractivity contribution is 0.257. The van der Waals surface area contributed by atoms with Crippen molar-refractivity contribution in [2.75, 3.05) is 13.1 Å². The summed E-state index contributed by atoms with van der Waals surface area (Å²) in [5.74, 6) is -0.207. The second kappa shape index (κ2) is 6.56. The van der Waals surface area contributed by atoms with Crippen molar-refractivity contribution in [3.8, 4) is 5.75 Å². The van der Waals surface area contributed by atoms with E-state index in [1.807, 2.05) is 20.8 Å². The lowest BCUT2D eigenvalue weighted by atomic mass is 10.2. The molecule has 0 aliphatic heterocycles. The number of aliphatic hydroxyl groups excluding tert-OH is 1. The van der Waals surface area contributed by atoms with E-state index in [4.69, 9.17) is 0 Å². The van der Waals surface area contributed by atoms with E-state index in [0.717, 1.165) is 13.1 Å². The maximum absolute atomic E-state index is 11.7. The molecule has 0 fully saturated rings. The fraction of sp³-hybridized carbons (Fsp3) is 0.615. The van der Waals surface area contributed by atoms with Crippen molar-refractivity contribution in [2.45, 2.75) is 40.5 Å². The first-order valence-electron chi connectivity index (χ1n) is 6.36. The summed E-state index contributed by atoms with van der Waals surface area (Å²) in [4.78, 5) is 13.8. The number of rotatable bonds is 6. The number of aromatic nitrogens is 1. The number of pyridine rings is 1. The molecule has 0 unspecified atom stereocenters. The zero-order valence-corrected chi connectivity index (χ0v) is 11.3. The van der Waals surface area contributed by atoms with Crippen molar-refractivity contribution in [1.82, 2.24) is 9.47 Å². The summed E-state index contributed by atoms with van der Waals surface area (Å²) in [6.07, 6.45) is 0. The molecular formula is C13H22N2O3. The number of aromatic hydroxyl groups is 1. The zero-order chi connectivity index (χ0) is 13.7. The maximum atomic E-state index is 11.7. The fourth-order valence-corrected chi connectivity index (χ4v) is 2.09. The molecule has 0 spiro atoms. The van der Waals surface area contributed by atoms with Crippen LogP contribution < -0.4 is 5.43 Å². The van der Waals surface area contributed by atoms with Crippen molar-refractivity contribution in [3.05, 3.63) is 27.7 Å². The highest BCUT2D eigenvalue weighted by Gasteiger charge is 2.15. The highest BCUT2D eigenvalue weighted by molar-refractivity contribution is 5.30. The summed E-state index contributed by atoms with van der Waals surface area (Å²) in [6.45, 7) is 8.60. The Morgan fingerprint density at radius 2 is 1.89 bits per heavy atom. The van der Waals surface area contributed by atoms with E-state index >= 15 is 0 Å². The van der Waals surface area contributed by atoms with E-state index in [-0.39, 0.29) is 12.4 Å². The third-order valence-electron chi connectivity index (χ3n) is 3.22. The van der Waals surface area contributed by atoms with Crippen LogP contribution in [0, 0.1) is 0 Å². The molecule has 18 heavy (non-hydrogen) atoms. The molecule has 0 aliphatic rings. The Morgan fingerprint density at radius 1 is 1.28 bits per heavy atom. The van der Waals surface area contributed by atoms with E-state index < -0.39 is 5.43 Å². The van der Waals surface area contributed by atoms with Gasteiger partial charge in [0.25, 0.3) is 0 Å². The predicted molar refractivity (Wildman–Crippen MR) is 70.6 cm³/mol. The molecule has 0 bridgehead atoms. The minimum atomic E-state index is -0.425. The Morgan fingerprint density at radius 3 is 2.33 bits per heavy atom. The van der Waals surface area contributed by atoms with Gasteiger partial charge in [0.1, 0.15) is 0 Å². The smallest absolute Gasteiger partial charge is 0.223 e. The average Bonchev–Trinajstić information content (AvgIpc) is 2.39. The molecule has 0 atom stereocenters. The average molecular weight is 254 g/mol. The van der Waals surface area contributed by atoms with E-state index in [9.17, 15) is 15.0 Å². The van der Waals surface area contributed by atoms with Gasteiger partial charge in [0.15, 0.2) is 5.75 Å². The quantitative estimate of drug-likeness (QED) is 0.792. The standard InChI is InChI=1S/C13H22N2O3/c1-4-14(5-2)8-11-13(18)12(17)7-10(9-16)15(11)6-3/h7,16,18H,4-6,8-9H2,1-3H3. The lowest BCUT2D eigenvalue weighted by Crippen LogP contribution is -2.27. The molecular weight excluding hydrogens is 232 g/mol. The van der Waals surface area contributed by atoms with Crippen molar-refractivity contribution in [1.29, 1.82) is 0 Å². The van der Waals surface area contributed by atoms with Crippen LogP contribution in [0.4, 0.5) is 0 Å². The van der Waals surface area contributed by atoms with Gasteiger partial charge in [-0.1, -0.05) is 13.8 Å². The molecule has 0 amide bonds. The Kier molecular flexibility index (Phi) is 5.37. The van der Waals surface area contributed by atoms with Crippen molar-refractivity contribution < 1.29 is 10.2 Å². The molecule has 0 saturated carbocycles. The maximum Gasteiger partial charge on any atom is 0.223 e. The molecule has 5 nitrogen and oxygen atoms in total. The topological polar surface area (TPSA) is 65.7 Å². The monoisotopic (exact) mass is 254 g/mol. The van der Waals surface area contributed by atoms with Crippen LogP contribution in [0.2, 0.25) is 0 Å². The first kappa shape index (κ1) is 14.7. The zero-order valence-electron chi connectivity index (χ0n) is 11.3. The number of nitrogens with zero attached hydrogens (tertiary/aromatic N) is 2. The van der Waals surface area contributed by atoms with Gasteiger partial charge in [0.2, 0.25) is 5.43 Å². The van der Waals surface area contributed by atoms with Crippen LogP contribution in [0.15, 0.2) is 10.9 Å². The molecule has 1 aromatic rings. The molecule has 0 radical (unpaired) electrons. The van der Waals surface area contributed by atoms with Gasteiger partial charge in [-0.25, -0.2) is 0 Å². The first-order valence-corrected chi connectivity index (χ1v) is 6.36. The molecule has 2 N–H and O–H groups in total. The van der Waals surface area contributed by atoms with E-state index in [0.29, 0.717) is 24.5 Å². The normalized spacial score (nSPS) is 11.2. The third-order valence-corrected chi connectivity index (χ3v) is 3.22. The SMILES string of the molecule is CCN(CC)Cc1c(O)c(=O)cc(CO)n1CC. The van der Waals surface area contributed by atoms with Crippen LogP contribution in [-0.2, 0) is 19.7 Å². The molecule has 1 aromatic heterocycles.